The molecule has 102 valence electrons. The van der Waals surface area contributed by atoms with Gasteiger partial charge in [-0.25, -0.2) is 0 Å². The van der Waals surface area contributed by atoms with Crippen LogP contribution in [0.3, 0.4) is 0 Å². The van der Waals surface area contributed by atoms with Crippen LogP contribution in [0.5, 0.6) is 0 Å². The molecule has 4 heteroatoms. The SMILES string of the molecule is CCNC(c1cc(C)cc(C)c1)c1c(Br)cnn1C. The predicted molar refractivity (Wildman–Crippen MR) is 82.3 cm³/mol. The molecule has 1 unspecified atom stereocenters. The van der Waals surface area contributed by atoms with E-state index in [1.807, 2.05) is 17.9 Å². The molecule has 2 aromatic rings. The lowest BCUT2D eigenvalue weighted by Gasteiger charge is -2.20. The number of aromatic nitrogens is 2. The fourth-order valence-corrected chi connectivity index (χ4v) is 3.08. The van der Waals surface area contributed by atoms with Gasteiger partial charge in [0.2, 0.25) is 0 Å². The Morgan fingerprint density at radius 1 is 1.26 bits per heavy atom. The minimum atomic E-state index is 0.158. The third kappa shape index (κ3) is 3.07. The Morgan fingerprint density at radius 2 is 1.89 bits per heavy atom. The Balaban J connectivity index is 2.51. The van der Waals surface area contributed by atoms with Crippen molar-refractivity contribution in [2.75, 3.05) is 6.54 Å². The van der Waals surface area contributed by atoms with Gasteiger partial charge in [-0.05, 0) is 41.9 Å². The summed E-state index contributed by atoms with van der Waals surface area (Å²) in [5, 5.41) is 7.87. The summed E-state index contributed by atoms with van der Waals surface area (Å²) in [7, 11) is 1.98. The lowest BCUT2D eigenvalue weighted by molar-refractivity contribution is 0.570. The van der Waals surface area contributed by atoms with E-state index in [0.29, 0.717) is 0 Å². The van der Waals surface area contributed by atoms with Gasteiger partial charge in [0.25, 0.3) is 0 Å². The van der Waals surface area contributed by atoms with Crippen LogP contribution in [0.25, 0.3) is 0 Å². The van der Waals surface area contributed by atoms with E-state index in [0.717, 1.165) is 16.7 Å². The number of hydrogen-bond donors (Lipinski definition) is 1. The average Bonchev–Trinajstić information content (AvgIpc) is 2.65. The first-order chi connectivity index (χ1) is 9.02. The zero-order valence-corrected chi connectivity index (χ0v) is 13.5. The van der Waals surface area contributed by atoms with E-state index in [1.54, 1.807) is 0 Å². The highest BCUT2D eigenvalue weighted by Crippen LogP contribution is 2.29. The van der Waals surface area contributed by atoms with Gasteiger partial charge in [0, 0.05) is 7.05 Å². The summed E-state index contributed by atoms with van der Waals surface area (Å²) >= 11 is 3.60. The molecule has 1 atom stereocenters. The molecule has 0 aliphatic rings. The van der Waals surface area contributed by atoms with Gasteiger partial charge in [-0.3, -0.25) is 4.68 Å². The minimum absolute atomic E-state index is 0.158. The smallest absolute Gasteiger partial charge is 0.0759 e. The normalized spacial score (nSPS) is 12.7. The van der Waals surface area contributed by atoms with Gasteiger partial charge in [-0.1, -0.05) is 36.2 Å². The van der Waals surface area contributed by atoms with E-state index in [4.69, 9.17) is 0 Å². The quantitative estimate of drug-likeness (QED) is 0.934. The van der Waals surface area contributed by atoms with Crippen LogP contribution < -0.4 is 5.32 Å². The summed E-state index contributed by atoms with van der Waals surface area (Å²) in [6.45, 7) is 7.31. The maximum atomic E-state index is 4.32. The molecule has 0 fully saturated rings. The first-order valence-corrected chi connectivity index (χ1v) is 7.31. The summed E-state index contributed by atoms with van der Waals surface area (Å²) in [6.07, 6.45) is 1.85. The first-order valence-electron chi connectivity index (χ1n) is 6.52. The van der Waals surface area contributed by atoms with Crippen LogP contribution in [0.4, 0.5) is 0 Å². The lowest BCUT2D eigenvalue weighted by Crippen LogP contribution is -2.24. The van der Waals surface area contributed by atoms with E-state index < -0.39 is 0 Å². The second kappa shape index (κ2) is 5.88. The van der Waals surface area contributed by atoms with E-state index in [-0.39, 0.29) is 6.04 Å². The number of nitrogens with one attached hydrogen (secondary N) is 1. The van der Waals surface area contributed by atoms with Crippen LogP contribution in [0.1, 0.15) is 35.3 Å². The third-order valence-corrected chi connectivity index (χ3v) is 3.81. The first kappa shape index (κ1) is 14.3. The lowest BCUT2D eigenvalue weighted by atomic mass is 9.99. The average molecular weight is 322 g/mol. The van der Waals surface area contributed by atoms with Crippen molar-refractivity contribution in [1.29, 1.82) is 0 Å². The Labute approximate surface area is 123 Å². The maximum absolute atomic E-state index is 4.32. The number of benzene rings is 1. The van der Waals surface area contributed by atoms with Crippen LogP contribution in [-0.2, 0) is 7.05 Å². The van der Waals surface area contributed by atoms with Gasteiger partial charge in [0.15, 0.2) is 0 Å². The topological polar surface area (TPSA) is 29.9 Å². The van der Waals surface area contributed by atoms with Crippen LogP contribution >= 0.6 is 15.9 Å². The third-order valence-electron chi connectivity index (χ3n) is 3.20. The monoisotopic (exact) mass is 321 g/mol. The molecule has 0 aliphatic heterocycles. The minimum Gasteiger partial charge on any atom is -0.305 e. The van der Waals surface area contributed by atoms with E-state index in [2.05, 4.69) is 65.3 Å². The van der Waals surface area contributed by atoms with Gasteiger partial charge in [0.05, 0.1) is 22.4 Å². The fourth-order valence-electron chi connectivity index (χ4n) is 2.50. The molecule has 1 heterocycles. The molecule has 0 saturated heterocycles. The zero-order valence-electron chi connectivity index (χ0n) is 11.9. The van der Waals surface area contributed by atoms with Crippen LogP contribution in [0.15, 0.2) is 28.9 Å². The number of halogens is 1. The largest absolute Gasteiger partial charge is 0.305 e. The van der Waals surface area contributed by atoms with Gasteiger partial charge in [-0.15, -0.1) is 0 Å². The summed E-state index contributed by atoms with van der Waals surface area (Å²) in [5.41, 5.74) is 5.02. The second-order valence-electron chi connectivity index (χ2n) is 4.91. The number of rotatable bonds is 4. The molecule has 0 spiro atoms. The van der Waals surface area contributed by atoms with Crippen molar-refractivity contribution in [2.24, 2.45) is 7.05 Å². The maximum Gasteiger partial charge on any atom is 0.0759 e. The van der Waals surface area contributed by atoms with Crippen molar-refractivity contribution >= 4 is 15.9 Å². The van der Waals surface area contributed by atoms with E-state index in [9.17, 15) is 0 Å². The van der Waals surface area contributed by atoms with Gasteiger partial charge in [0.1, 0.15) is 0 Å². The number of hydrogen-bond acceptors (Lipinski definition) is 2. The summed E-state index contributed by atoms with van der Waals surface area (Å²) in [4.78, 5) is 0. The molecule has 0 saturated carbocycles. The van der Waals surface area contributed by atoms with E-state index >= 15 is 0 Å². The molecule has 0 radical (unpaired) electrons. The Hall–Kier alpha value is -1.13. The zero-order chi connectivity index (χ0) is 14.0. The molecule has 0 amide bonds. The molecule has 0 bridgehead atoms. The van der Waals surface area contributed by atoms with Crippen LogP contribution in [0.2, 0.25) is 0 Å². The Bertz CT molecular complexity index is 535. The van der Waals surface area contributed by atoms with Gasteiger partial charge in [-0.2, -0.15) is 5.10 Å². The van der Waals surface area contributed by atoms with Crippen LogP contribution in [0, 0.1) is 13.8 Å². The molecule has 1 aromatic heterocycles. The summed E-state index contributed by atoms with van der Waals surface area (Å²) < 4.78 is 2.97. The molecule has 2 rings (SSSR count). The van der Waals surface area contributed by atoms with E-state index in [1.165, 1.54) is 16.7 Å². The second-order valence-corrected chi connectivity index (χ2v) is 5.77. The van der Waals surface area contributed by atoms with Crippen molar-refractivity contribution in [1.82, 2.24) is 15.1 Å². The summed E-state index contributed by atoms with van der Waals surface area (Å²) in [5.74, 6) is 0. The Kier molecular flexibility index (Phi) is 4.42. The molecular weight excluding hydrogens is 302 g/mol. The molecule has 3 nitrogen and oxygen atoms in total. The van der Waals surface area contributed by atoms with Crippen molar-refractivity contribution in [3.8, 4) is 0 Å². The number of aryl methyl sites for hydroxylation is 3. The molecule has 1 N–H and O–H groups in total. The molecule has 0 aliphatic carbocycles. The van der Waals surface area contributed by atoms with Crippen LogP contribution in [-0.4, -0.2) is 16.3 Å². The Morgan fingerprint density at radius 3 is 2.37 bits per heavy atom. The van der Waals surface area contributed by atoms with Crippen molar-refractivity contribution < 1.29 is 0 Å². The fraction of sp³-hybridized carbons (Fsp3) is 0.400. The number of nitrogens with zero attached hydrogens (tertiary/aromatic N) is 2. The standard InChI is InChI=1S/C15H20BrN3/c1-5-17-14(15-13(16)9-18-19(15)4)12-7-10(2)6-11(3)8-12/h6-9,14,17H,5H2,1-4H3. The highest BCUT2D eigenvalue weighted by molar-refractivity contribution is 9.10. The van der Waals surface area contributed by atoms with Crippen molar-refractivity contribution in [3.05, 3.63) is 51.3 Å². The van der Waals surface area contributed by atoms with Crippen molar-refractivity contribution in [3.63, 3.8) is 0 Å². The highest BCUT2D eigenvalue weighted by atomic mass is 79.9. The molecule has 1 aromatic carbocycles. The summed E-state index contributed by atoms with van der Waals surface area (Å²) in [6, 6.07) is 6.83. The van der Waals surface area contributed by atoms with Gasteiger partial charge < -0.3 is 5.32 Å². The molecule has 19 heavy (non-hydrogen) atoms. The molecular formula is C15H20BrN3. The van der Waals surface area contributed by atoms with Crippen molar-refractivity contribution in [2.45, 2.75) is 26.8 Å². The predicted octanol–water partition coefficient (Wildman–Crippen LogP) is 3.50. The van der Waals surface area contributed by atoms with Gasteiger partial charge >= 0.3 is 0 Å². The highest BCUT2D eigenvalue weighted by Gasteiger charge is 2.20.